The van der Waals surface area contributed by atoms with Crippen LogP contribution in [0.15, 0.2) is 30.5 Å². The minimum absolute atomic E-state index is 0.553. The van der Waals surface area contributed by atoms with E-state index in [4.69, 9.17) is 19.9 Å². The second-order valence-corrected chi connectivity index (χ2v) is 6.08. The predicted octanol–water partition coefficient (Wildman–Crippen LogP) is 1.58. The van der Waals surface area contributed by atoms with E-state index in [0.717, 1.165) is 43.1 Å². The molecule has 0 radical (unpaired) electrons. The van der Waals surface area contributed by atoms with E-state index in [2.05, 4.69) is 22.6 Å². The average molecular weight is 377 g/mol. The summed E-state index contributed by atoms with van der Waals surface area (Å²) in [6.07, 6.45) is 3.04. The van der Waals surface area contributed by atoms with Gasteiger partial charge in [-0.1, -0.05) is 24.3 Å². The quantitative estimate of drug-likeness (QED) is 0.359. The normalized spacial score (nSPS) is 11.1. The van der Waals surface area contributed by atoms with E-state index >= 15 is 0 Å². The van der Waals surface area contributed by atoms with Crippen molar-refractivity contribution in [3.05, 3.63) is 30.5 Å². The molecule has 3 N–H and O–H groups in total. The monoisotopic (exact) mass is 377 g/mol. The van der Waals surface area contributed by atoms with Crippen molar-refractivity contribution in [3.8, 4) is 11.3 Å². The Morgan fingerprint density at radius 1 is 0.926 bits per heavy atom. The van der Waals surface area contributed by atoms with Crippen LogP contribution in [-0.2, 0) is 20.8 Å². The van der Waals surface area contributed by atoms with E-state index in [1.807, 2.05) is 30.5 Å². The second-order valence-electron chi connectivity index (χ2n) is 6.08. The first-order valence-electron chi connectivity index (χ1n) is 9.49. The highest BCUT2D eigenvalue weighted by Crippen LogP contribution is 2.17. The highest BCUT2D eigenvalue weighted by Gasteiger charge is 2.03. The number of anilines is 1. The lowest BCUT2D eigenvalue weighted by molar-refractivity contribution is 0.0133. The third kappa shape index (κ3) is 8.96. The van der Waals surface area contributed by atoms with Gasteiger partial charge in [-0.3, -0.25) is 0 Å². The number of hydrogen-bond donors (Lipinski definition) is 2. The summed E-state index contributed by atoms with van der Waals surface area (Å²) in [6.45, 7) is 8.32. The highest BCUT2D eigenvalue weighted by atomic mass is 16.5. The summed E-state index contributed by atoms with van der Waals surface area (Å²) in [5.41, 5.74) is 8.24. The molecule has 0 aliphatic rings. The summed E-state index contributed by atoms with van der Waals surface area (Å²) in [7, 11) is 0. The number of nitrogens with zero attached hydrogens (tertiary/aromatic N) is 3. The first kappa shape index (κ1) is 21.3. The molecule has 0 unspecified atom stereocenters. The van der Waals surface area contributed by atoms with Gasteiger partial charge in [-0.05, 0) is 25.1 Å². The summed E-state index contributed by atoms with van der Waals surface area (Å²) in [5, 5.41) is 11.6. The van der Waals surface area contributed by atoms with Crippen LogP contribution >= 0.6 is 0 Å². The van der Waals surface area contributed by atoms with Gasteiger partial charge in [-0.25, -0.2) is 4.68 Å². The number of benzene rings is 1. The molecule has 150 valence electrons. The van der Waals surface area contributed by atoms with E-state index < -0.39 is 0 Å². The van der Waals surface area contributed by atoms with Crippen LogP contribution in [0.25, 0.3) is 11.3 Å². The smallest absolute Gasteiger partial charge is 0.113 e. The Balaban J connectivity index is 1.45. The molecule has 0 fully saturated rings. The molecule has 27 heavy (non-hydrogen) atoms. The third-order valence-electron chi connectivity index (χ3n) is 3.80. The minimum atomic E-state index is 0.553. The molecular weight excluding hydrogens is 346 g/mol. The van der Waals surface area contributed by atoms with Crippen LogP contribution in [0.2, 0.25) is 0 Å². The zero-order chi connectivity index (χ0) is 19.2. The highest BCUT2D eigenvalue weighted by molar-refractivity contribution is 5.60. The van der Waals surface area contributed by atoms with E-state index in [9.17, 15) is 0 Å². The Hall–Kier alpha value is -2.00. The van der Waals surface area contributed by atoms with Crippen LogP contribution in [0.4, 0.5) is 5.69 Å². The summed E-state index contributed by atoms with van der Waals surface area (Å²) in [4.78, 5) is 0. The maximum absolute atomic E-state index is 5.69. The van der Waals surface area contributed by atoms with Crippen LogP contribution in [0.1, 0.15) is 13.3 Å². The van der Waals surface area contributed by atoms with Gasteiger partial charge in [0.15, 0.2) is 0 Å². The Kier molecular flexibility index (Phi) is 10.4. The summed E-state index contributed by atoms with van der Waals surface area (Å²) < 4.78 is 18.3. The van der Waals surface area contributed by atoms with Crippen molar-refractivity contribution >= 4 is 5.69 Å². The molecular formula is C19H31N5O3. The van der Waals surface area contributed by atoms with Gasteiger partial charge in [-0.15, -0.1) is 5.10 Å². The van der Waals surface area contributed by atoms with Gasteiger partial charge in [0.1, 0.15) is 5.69 Å². The van der Waals surface area contributed by atoms with Crippen LogP contribution in [-0.4, -0.2) is 67.7 Å². The molecule has 8 nitrogen and oxygen atoms in total. The lowest BCUT2D eigenvalue weighted by Crippen LogP contribution is -2.21. The van der Waals surface area contributed by atoms with E-state index in [1.54, 1.807) is 4.68 Å². The fourth-order valence-corrected chi connectivity index (χ4v) is 2.34. The number of nitrogen functional groups attached to an aromatic ring is 1. The third-order valence-corrected chi connectivity index (χ3v) is 3.80. The summed E-state index contributed by atoms with van der Waals surface area (Å²) in [5.74, 6) is 0. The van der Waals surface area contributed by atoms with E-state index in [1.165, 1.54) is 0 Å². The van der Waals surface area contributed by atoms with Crippen molar-refractivity contribution in [3.63, 3.8) is 0 Å². The van der Waals surface area contributed by atoms with E-state index in [0.29, 0.717) is 39.6 Å². The van der Waals surface area contributed by atoms with Crippen LogP contribution < -0.4 is 11.1 Å². The first-order valence-corrected chi connectivity index (χ1v) is 9.49. The van der Waals surface area contributed by atoms with Crippen molar-refractivity contribution < 1.29 is 14.2 Å². The van der Waals surface area contributed by atoms with Gasteiger partial charge >= 0.3 is 0 Å². The minimum Gasteiger partial charge on any atom is -0.399 e. The van der Waals surface area contributed by atoms with Crippen LogP contribution in [0.3, 0.4) is 0 Å². The molecule has 0 spiro atoms. The van der Waals surface area contributed by atoms with Crippen molar-refractivity contribution in [2.75, 3.05) is 58.5 Å². The molecule has 2 aromatic rings. The molecule has 0 aliphatic heterocycles. The predicted molar refractivity (Wildman–Crippen MR) is 105 cm³/mol. The van der Waals surface area contributed by atoms with Crippen molar-refractivity contribution in [1.82, 2.24) is 20.3 Å². The fourth-order valence-electron chi connectivity index (χ4n) is 2.34. The van der Waals surface area contributed by atoms with Gasteiger partial charge in [0, 0.05) is 17.8 Å². The number of ether oxygens (including phenoxy) is 3. The lowest BCUT2D eigenvalue weighted by atomic mass is 10.1. The van der Waals surface area contributed by atoms with Gasteiger partial charge in [-0.2, -0.15) is 0 Å². The summed E-state index contributed by atoms with van der Waals surface area (Å²) in [6, 6.07) is 7.57. The fraction of sp³-hybridized carbons (Fsp3) is 0.579. The first-order chi connectivity index (χ1) is 13.3. The van der Waals surface area contributed by atoms with Gasteiger partial charge < -0.3 is 25.3 Å². The molecule has 0 saturated carbocycles. The number of rotatable bonds is 15. The molecule has 0 aliphatic carbocycles. The number of nitrogens with two attached hydrogens (primary N) is 1. The van der Waals surface area contributed by atoms with Crippen molar-refractivity contribution in [1.29, 1.82) is 0 Å². The number of nitrogens with one attached hydrogen (secondary N) is 1. The largest absolute Gasteiger partial charge is 0.399 e. The maximum atomic E-state index is 5.69. The van der Waals surface area contributed by atoms with E-state index in [-0.39, 0.29) is 0 Å². The number of hydrogen-bond acceptors (Lipinski definition) is 7. The van der Waals surface area contributed by atoms with Crippen molar-refractivity contribution in [2.24, 2.45) is 0 Å². The van der Waals surface area contributed by atoms with Gasteiger partial charge in [0.2, 0.25) is 0 Å². The molecule has 0 bridgehead atoms. The summed E-state index contributed by atoms with van der Waals surface area (Å²) >= 11 is 0. The Morgan fingerprint density at radius 2 is 1.59 bits per heavy atom. The topological polar surface area (TPSA) is 96.5 Å². The Bertz CT molecular complexity index is 618. The molecule has 1 heterocycles. The average Bonchev–Trinajstić information content (AvgIpc) is 3.15. The molecule has 1 aromatic carbocycles. The zero-order valence-electron chi connectivity index (χ0n) is 16.1. The molecule has 1 aromatic heterocycles. The molecule has 8 heteroatoms. The maximum Gasteiger partial charge on any atom is 0.113 e. The van der Waals surface area contributed by atoms with Crippen LogP contribution in [0, 0.1) is 0 Å². The SMILES string of the molecule is CCCNCCOCCOCCOCCn1cc(-c2ccc(N)cc2)nn1. The molecule has 2 rings (SSSR count). The van der Waals surface area contributed by atoms with Gasteiger partial charge in [0.05, 0.1) is 52.4 Å². The second kappa shape index (κ2) is 13.2. The molecule has 0 amide bonds. The standard InChI is InChI=1S/C19H31N5O3/c1-2-7-21-8-10-25-12-14-27-15-13-26-11-9-24-16-19(22-23-24)17-3-5-18(20)6-4-17/h3-6,16,21H,2,7-15,20H2,1H3. The Labute approximate surface area is 161 Å². The van der Waals surface area contributed by atoms with Gasteiger partial charge in [0.25, 0.3) is 0 Å². The van der Waals surface area contributed by atoms with Crippen molar-refractivity contribution in [2.45, 2.75) is 19.9 Å². The molecule has 0 atom stereocenters. The molecule has 0 saturated heterocycles. The number of aromatic nitrogens is 3. The lowest BCUT2D eigenvalue weighted by Gasteiger charge is -2.07. The Morgan fingerprint density at radius 3 is 2.30 bits per heavy atom. The van der Waals surface area contributed by atoms with Crippen LogP contribution in [0.5, 0.6) is 0 Å². The zero-order valence-corrected chi connectivity index (χ0v) is 16.1.